The van der Waals surface area contributed by atoms with Crippen LogP contribution in [0.3, 0.4) is 0 Å². The van der Waals surface area contributed by atoms with Crippen LogP contribution in [0, 0.1) is 5.82 Å². The number of hydrogen-bond donors (Lipinski definition) is 2. The Balaban J connectivity index is 1.69. The number of benzene rings is 2. The number of H-pyrrole nitrogens is 1. The Bertz CT molecular complexity index is 1320. The Hall–Kier alpha value is -3.88. The third kappa shape index (κ3) is 5.84. The minimum Gasteiger partial charge on any atom is -0.383 e. The minimum atomic E-state index is -0.638. The van der Waals surface area contributed by atoms with Crippen LogP contribution >= 0.6 is 0 Å². The highest BCUT2D eigenvalue weighted by atomic mass is 19.1. The zero-order valence-electron chi connectivity index (χ0n) is 20.5. The topological polar surface area (TPSA) is 104 Å². The van der Waals surface area contributed by atoms with Gasteiger partial charge in [-0.2, -0.15) is 0 Å². The summed E-state index contributed by atoms with van der Waals surface area (Å²) in [5.41, 5.74) is 6.57. The van der Waals surface area contributed by atoms with Gasteiger partial charge in [0.05, 0.1) is 6.54 Å². The Labute approximate surface area is 209 Å². The van der Waals surface area contributed by atoms with Gasteiger partial charge in [-0.25, -0.2) is 9.18 Å². The molecule has 1 aliphatic rings. The number of carbonyl (C=O) groups is 1. The van der Waals surface area contributed by atoms with E-state index in [0.717, 1.165) is 24.8 Å². The second kappa shape index (κ2) is 11.2. The van der Waals surface area contributed by atoms with Crippen molar-refractivity contribution in [1.82, 2.24) is 14.5 Å². The molecule has 2 aromatic carbocycles. The number of amides is 1. The number of nitrogens with two attached hydrogens (primary N) is 1. The van der Waals surface area contributed by atoms with Gasteiger partial charge in [0, 0.05) is 31.2 Å². The number of unbranched alkanes of at least 4 members (excludes halogenated alkanes) is 1. The van der Waals surface area contributed by atoms with Gasteiger partial charge in [0.25, 0.3) is 5.56 Å². The van der Waals surface area contributed by atoms with Crippen LogP contribution in [0.1, 0.15) is 43.7 Å². The van der Waals surface area contributed by atoms with Crippen molar-refractivity contribution < 1.29 is 9.18 Å². The molecule has 1 aromatic heterocycles. The van der Waals surface area contributed by atoms with Crippen molar-refractivity contribution in [2.45, 2.75) is 58.3 Å². The highest BCUT2D eigenvalue weighted by molar-refractivity contribution is 5.83. The number of nitrogens with zero attached hydrogens (tertiary/aromatic N) is 3. The predicted molar refractivity (Wildman–Crippen MR) is 138 cm³/mol. The average molecular weight is 494 g/mol. The number of nitrogen functional groups attached to an aromatic ring is 1. The maximum atomic E-state index is 14.4. The van der Waals surface area contributed by atoms with E-state index in [-0.39, 0.29) is 48.9 Å². The largest absolute Gasteiger partial charge is 0.383 e. The van der Waals surface area contributed by atoms with Gasteiger partial charge < -0.3 is 15.5 Å². The van der Waals surface area contributed by atoms with E-state index in [2.05, 4.69) is 4.98 Å². The number of anilines is 2. The number of hydrogen-bond acceptors (Lipinski definition) is 5. The van der Waals surface area contributed by atoms with Crippen LogP contribution in [0.15, 0.2) is 64.2 Å². The molecule has 0 radical (unpaired) electrons. The van der Waals surface area contributed by atoms with E-state index in [1.165, 1.54) is 10.6 Å². The summed E-state index contributed by atoms with van der Waals surface area (Å²) in [5.74, 6) is -0.560. The number of carbonyl (C=O) groups excluding carboxylic acids is 1. The smallest absolute Gasteiger partial charge is 0.330 e. The first-order valence-corrected chi connectivity index (χ1v) is 12.3. The lowest BCUT2D eigenvalue weighted by molar-refractivity contribution is -0.131. The van der Waals surface area contributed by atoms with Gasteiger partial charge in [-0.05, 0) is 30.9 Å². The lowest BCUT2D eigenvalue weighted by Crippen LogP contribution is -2.44. The summed E-state index contributed by atoms with van der Waals surface area (Å²) in [5, 5.41) is 0. The predicted octanol–water partition coefficient (Wildman–Crippen LogP) is 3.26. The van der Waals surface area contributed by atoms with Crippen molar-refractivity contribution in [3.63, 3.8) is 0 Å². The third-order valence-corrected chi connectivity index (χ3v) is 6.41. The van der Waals surface area contributed by atoms with E-state index in [0.29, 0.717) is 18.5 Å². The van der Waals surface area contributed by atoms with Gasteiger partial charge in [0.2, 0.25) is 5.91 Å². The summed E-state index contributed by atoms with van der Waals surface area (Å²) in [6.07, 6.45) is 3.26. The zero-order valence-corrected chi connectivity index (χ0v) is 20.5. The first-order valence-electron chi connectivity index (χ1n) is 12.3. The fraction of sp³-hybridized carbons (Fsp3) is 0.370. The number of aromatic amines is 1. The molecule has 190 valence electrons. The van der Waals surface area contributed by atoms with Gasteiger partial charge in [0.1, 0.15) is 17.3 Å². The summed E-state index contributed by atoms with van der Waals surface area (Å²) in [6.45, 7) is 2.61. The zero-order chi connectivity index (χ0) is 25.7. The molecule has 0 spiro atoms. The van der Waals surface area contributed by atoms with Crippen LogP contribution in [0.2, 0.25) is 0 Å². The molecule has 8 nitrogen and oxygen atoms in total. The molecule has 0 saturated heterocycles. The molecular weight excluding hydrogens is 461 g/mol. The Kier molecular flexibility index (Phi) is 7.87. The van der Waals surface area contributed by atoms with Crippen molar-refractivity contribution >= 4 is 17.4 Å². The second-order valence-corrected chi connectivity index (χ2v) is 9.18. The summed E-state index contributed by atoms with van der Waals surface area (Å²) in [7, 11) is 0. The lowest BCUT2D eigenvalue weighted by Gasteiger charge is -2.30. The minimum absolute atomic E-state index is 0.0322. The Morgan fingerprint density at radius 3 is 2.44 bits per heavy atom. The maximum absolute atomic E-state index is 14.4. The highest BCUT2D eigenvalue weighted by Crippen LogP contribution is 2.30. The summed E-state index contributed by atoms with van der Waals surface area (Å²) in [6, 6.07) is 15.9. The van der Waals surface area contributed by atoms with Crippen LogP contribution in [-0.4, -0.2) is 32.9 Å². The van der Waals surface area contributed by atoms with Gasteiger partial charge in [-0.1, -0.05) is 61.9 Å². The Morgan fingerprint density at radius 1 is 1.08 bits per heavy atom. The van der Waals surface area contributed by atoms with Crippen LogP contribution in [0.25, 0.3) is 0 Å². The van der Waals surface area contributed by atoms with Crippen LogP contribution in [-0.2, 0) is 24.4 Å². The van der Waals surface area contributed by atoms with Crippen molar-refractivity contribution in [3.8, 4) is 0 Å². The SMILES string of the molecule is CCCCn1c(N)c(N(CC(=O)N(Cc2ccccc2F)C2CC2)Cc2ccccc2)c(=O)[nH]c1=O. The van der Waals surface area contributed by atoms with E-state index in [9.17, 15) is 18.8 Å². The van der Waals surface area contributed by atoms with Crippen molar-refractivity contribution in [2.24, 2.45) is 0 Å². The van der Waals surface area contributed by atoms with Crippen LogP contribution in [0.5, 0.6) is 0 Å². The molecule has 9 heteroatoms. The van der Waals surface area contributed by atoms with Gasteiger partial charge in [0.15, 0.2) is 0 Å². The standard InChI is InChI=1S/C27H32FN5O3/c1-2-3-15-32-25(29)24(26(35)30-27(32)36)31(16-19-9-5-4-6-10-19)18-23(34)33(21-13-14-21)17-20-11-7-8-12-22(20)28/h4-12,21H,2-3,13-18,29H2,1H3,(H,30,35,36). The average Bonchev–Trinajstić information content (AvgIpc) is 3.69. The molecule has 1 heterocycles. The monoisotopic (exact) mass is 493 g/mol. The molecule has 1 saturated carbocycles. The quantitative estimate of drug-likeness (QED) is 0.427. The van der Waals surface area contributed by atoms with E-state index < -0.39 is 11.2 Å². The molecule has 0 bridgehead atoms. The molecule has 36 heavy (non-hydrogen) atoms. The number of nitrogens with one attached hydrogen (secondary N) is 1. The van der Waals surface area contributed by atoms with Gasteiger partial charge >= 0.3 is 5.69 Å². The highest BCUT2D eigenvalue weighted by Gasteiger charge is 2.34. The molecular formula is C27H32FN5O3. The van der Waals surface area contributed by atoms with E-state index in [1.54, 1.807) is 28.0 Å². The van der Waals surface area contributed by atoms with Crippen molar-refractivity contribution in [2.75, 3.05) is 17.2 Å². The Morgan fingerprint density at radius 2 is 1.78 bits per heavy atom. The third-order valence-electron chi connectivity index (χ3n) is 6.41. The van der Waals surface area contributed by atoms with E-state index >= 15 is 0 Å². The van der Waals surface area contributed by atoms with Gasteiger partial charge in [-0.15, -0.1) is 0 Å². The molecule has 0 aliphatic heterocycles. The molecule has 1 fully saturated rings. The molecule has 1 aliphatic carbocycles. The van der Waals surface area contributed by atoms with E-state index in [4.69, 9.17) is 5.73 Å². The number of aromatic nitrogens is 2. The summed E-state index contributed by atoms with van der Waals surface area (Å²) >= 11 is 0. The van der Waals surface area contributed by atoms with Crippen molar-refractivity contribution in [3.05, 3.63) is 92.4 Å². The van der Waals surface area contributed by atoms with Crippen LogP contribution < -0.4 is 21.9 Å². The summed E-state index contributed by atoms with van der Waals surface area (Å²) in [4.78, 5) is 44.7. The first kappa shape index (κ1) is 25.2. The maximum Gasteiger partial charge on any atom is 0.330 e. The molecule has 3 N–H and O–H groups in total. The molecule has 4 rings (SSSR count). The van der Waals surface area contributed by atoms with E-state index in [1.807, 2.05) is 37.3 Å². The summed E-state index contributed by atoms with van der Waals surface area (Å²) < 4.78 is 15.7. The fourth-order valence-electron chi connectivity index (χ4n) is 4.31. The van der Waals surface area contributed by atoms with Crippen molar-refractivity contribution in [1.29, 1.82) is 0 Å². The number of rotatable bonds is 11. The molecule has 0 atom stereocenters. The fourth-order valence-corrected chi connectivity index (χ4v) is 4.31. The van der Waals surface area contributed by atoms with Gasteiger partial charge in [-0.3, -0.25) is 19.1 Å². The normalized spacial score (nSPS) is 12.9. The first-order chi connectivity index (χ1) is 17.4. The number of halogens is 1. The molecule has 1 amide bonds. The lowest BCUT2D eigenvalue weighted by atomic mass is 10.2. The molecule has 0 unspecified atom stereocenters. The molecule has 3 aromatic rings. The van der Waals surface area contributed by atoms with Crippen LogP contribution in [0.4, 0.5) is 15.9 Å². The second-order valence-electron chi connectivity index (χ2n) is 9.18.